The summed E-state index contributed by atoms with van der Waals surface area (Å²) in [6.45, 7) is 2.42. The summed E-state index contributed by atoms with van der Waals surface area (Å²) in [5, 5.41) is 24.3. The molecule has 0 atom stereocenters. The van der Waals surface area contributed by atoms with E-state index in [1.807, 2.05) is 5.38 Å². The molecule has 1 fully saturated rings. The fourth-order valence-corrected chi connectivity index (χ4v) is 4.42. The van der Waals surface area contributed by atoms with Gasteiger partial charge in [0.2, 0.25) is 0 Å². The second kappa shape index (κ2) is 14.9. The number of aliphatic hydroxyl groups excluding tert-OH is 1. The molecule has 0 aliphatic carbocycles. The van der Waals surface area contributed by atoms with Crippen molar-refractivity contribution in [2.75, 3.05) is 44.6 Å². The predicted molar refractivity (Wildman–Crippen MR) is 145 cm³/mol. The molecule has 0 spiro atoms. The summed E-state index contributed by atoms with van der Waals surface area (Å²) < 4.78 is 46.0. The Morgan fingerprint density at radius 3 is 2.40 bits per heavy atom. The number of carbonyl (C=O) groups excluding carboxylic acids is 2. The van der Waals surface area contributed by atoms with Crippen molar-refractivity contribution in [3.8, 4) is 0 Å². The van der Waals surface area contributed by atoms with Crippen LogP contribution in [-0.4, -0.2) is 93.3 Å². The molecule has 0 unspecified atom stereocenters. The molecule has 0 radical (unpaired) electrons. The number of hydrogen-bond acceptors (Lipinski definition) is 9. The number of benzene rings is 1. The average Bonchev–Trinajstić information content (AvgIpc) is 3.46. The number of nitrogens with zero attached hydrogens (tertiary/aromatic N) is 4. The van der Waals surface area contributed by atoms with Gasteiger partial charge in [-0.05, 0) is 24.3 Å². The quantitative estimate of drug-likeness (QED) is 0.274. The Morgan fingerprint density at radius 1 is 1.12 bits per heavy atom. The SMILES string of the molecule is O=C(NCCO)c1cc(CN2CCN(C(=O)c3cccc(Cl)c3F)CC2)nc(Nc2nccs2)c1.O=C(O)C(F)(F)F. The van der Waals surface area contributed by atoms with Gasteiger partial charge in [-0.15, -0.1) is 11.3 Å². The number of piperazine rings is 1. The van der Waals surface area contributed by atoms with E-state index in [9.17, 15) is 27.2 Å². The second-order valence-corrected chi connectivity index (χ2v) is 9.95. The molecule has 1 aliphatic heterocycles. The van der Waals surface area contributed by atoms with Crippen LogP contribution in [0.4, 0.5) is 28.5 Å². The number of rotatable bonds is 8. The highest BCUT2D eigenvalue weighted by Gasteiger charge is 2.38. The van der Waals surface area contributed by atoms with Gasteiger partial charge in [0.1, 0.15) is 5.82 Å². The van der Waals surface area contributed by atoms with Crippen LogP contribution in [-0.2, 0) is 11.3 Å². The van der Waals surface area contributed by atoms with Crippen LogP contribution in [0.3, 0.4) is 0 Å². The minimum absolute atomic E-state index is 0.0351. The van der Waals surface area contributed by atoms with Crippen molar-refractivity contribution in [2.45, 2.75) is 12.7 Å². The monoisotopic (exact) mass is 632 g/mol. The zero-order valence-electron chi connectivity index (χ0n) is 21.7. The third kappa shape index (κ3) is 9.34. The minimum atomic E-state index is -5.08. The lowest BCUT2D eigenvalue weighted by Gasteiger charge is -2.34. The van der Waals surface area contributed by atoms with E-state index in [0.717, 1.165) is 0 Å². The van der Waals surface area contributed by atoms with Crippen molar-refractivity contribution < 1.29 is 42.2 Å². The normalized spacial score (nSPS) is 13.6. The van der Waals surface area contributed by atoms with E-state index in [1.165, 1.54) is 23.5 Å². The van der Waals surface area contributed by atoms with Crippen LogP contribution in [0.25, 0.3) is 0 Å². The van der Waals surface area contributed by atoms with Crippen LogP contribution in [0.2, 0.25) is 5.02 Å². The van der Waals surface area contributed by atoms with Crippen LogP contribution in [0.5, 0.6) is 0 Å². The molecule has 4 rings (SSSR count). The maximum absolute atomic E-state index is 14.3. The summed E-state index contributed by atoms with van der Waals surface area (Å²) in [5.41, 5.74) is 1.04. The van der Waals surface area contributed by atoms with Crippen LogP contribution in [0.15, 0.2) is 41.9 Å². The molecule has 4 N–H and O–H groups in total. The van der Waals surface area contributed by atoms with Crippen LogP contribution < -0.4 is 10.6 Å². The first-order chi connectivity index (χ1) is 19.9. The number of anilines is 2. The second-order valence-electron chi connectivity index (χ2n) is 8.65. The van der Waals surface area contributed by atoms with Crippen LogP contribution >= 0.6 is 22.9 Å². The predicted octanol–water partition coefficient (Wildman–Crippen LogP) is 3.39. The molecule has 11 nitrogen and oxygen atoms in total. The molecule has 0 bridgehead atoms. The third-order valence-electron chi connectivity index (χ3n) is 5.67. The van der Waals surface area contributed by atoms with E-state index >= 15 is 0 Å². The Hall–Kier alpha value is -3.86. The highest BCUT2D eigenvalue weighted by molar-refractivity contribution is 7.13. The van der Waals surface area contributed by atoms with Crippen LogP contribution in [0, 0.1) is 5.82 Å². The Balaban J connectivity index is 0.000000616. The molecule has 42 heavy (non-hydrogen) atoms. The molecule has 1 aromatic carbocycles. The summed E-state index contributed by atoms with van der Waals surface area (Å²) >= 11 is 7.23. The van der Waals surface area contributed by atoms with E-state index in [2.05, 4.69) is 25.5 Å². The minimum Gasteiger partial charge on any atom is -0.475 e. The zero-order chi connectivity index (χ0) is 30.9. The summed E-state index contributed by atoms with van der Waals surface area (Å²) in [7, 11) is 0. The number of halogens is 5. The Bertz CT molecular complexity index is 1390. The lowest BCUT2D eigenvalue weighted by atomic mass is 10.1. The Kier molecular flexibility index (Phi) is 11.6. The van der Waals surface area contributed by atoms with Gasteiger partial charge in [-0.25, -0.2) is 19.2 Å². The van der Waals surface area contributed by atoms with E-state index in [-0.39, 0.29) is 35.6 Å². The van der Waals surface area contributed by atoms with Crippen molar-refractivity contribution in [1.82, 2.24) is 25.1 Å². The highest BCUT2D eigenvalue weighted by Crippen LogP contribution is 2.22. The maximum atomic E-state index is 14.3. The molecule has 226 valence electrons. The molecular weight excluding hydrogens is 608 g/mol. The molecule has 17 heteroatoms. The number of pyridine rings is 1. The van der Waals surface area contributed by atoms with Crippen LogP contribution in [0.1, 0.15) is 26.4 Å². The van der Waals surface area contributed by atoms with Gasteiger partial charge in [0, 0.05) is 56.4 Å². The standard InChI is InChI=1S/C23H24ClFN6O3S.C2HF3O2/c24-18-3-1-2-17(20(18)25)22(34)31-8-6-30(7-9-31)14-16-12-15(21(33)26-4-10-32)13-19(28-16)29-23-27-5-11-35-23;3-2(4,5)1(6)7/h1-3,5,11-13,32H,4,6-10,14H2,(H,26,33)(H,27,28,29);(H,6,7). The van der Waals surface area contributed by atoms with Crippen molar-refractivity contribution in [3.63, 3.8) is 0 Å². The van der Waals surface area contributed by atoms with Gasteiger partial charge in [-0.3, -0.25) is 14.5 Å². The Labute approximate surface area is 245 Å². The lowest BCUT2D eigenvalue weighted by Crippen LogP contribution is -2.48. The number of aromatic nitrogens is 2. The summed E-state index contributed by atoms with van der Waals surface area (Å²) in [6.07, 6.45) is -3.41. The molecule has 1 saturated heterocycles. The average molecular weight is 633 g/mol. The van der Waals surface area contributed by atoms with E-state index in [0.29, 0.717) is 54.9 Å². The van der Waals surface area contributed by atoms with Gasteiger partial charge in [0.05, 0.1) is 22.9 Å². The maximum Gasteiger partial charge on any atom is 0.490 e. The number of amides is 2. The molecule has 1 aliphatic rings. The first kappa shape index (κ1) is 32.7. The molecule has 2 aromatic heterocycles. The highest BCUT2D eigenvalue weighted by atomic mass is 35.5. The number of hydrogen-bond donors (Lipinski definition) is 4. The zero-order valence-corrected chi connectivity index (χ0v) is 23.3. The number of carboxylic acids is 1. The van der Waals surface area contributed by atoms with Gasteiger partial charge in [0.25, 0.3) is 11.8 Å². The Morgan fingerprint density at radius 2 is 1.81 bits per heavy atom. The van der Waals surface area contributed by atoms with Gasteiger partial charge >= 0.3 is 12.1 Å². The molecular formula is C25H25ClF4N6O5S. The van der Waals surface area contributed by atoms with Gasteiger partial charge in [0.15, 0.2) is 10.9 Å². The van der Waals surface area contributed by atoms with E-state index < -0.39 is 18.0 Å². The summed E-state index contributed by atoms with van der Waals surface area (Å²) in [5.74, 6) is -3.68. The van der Waals surface area contributed by atoms with Gasteiger partial charge in [-0.1, -0.05) is 17.7 Å². The first-order valence-corrected chi connectivity index (χ1v) is 13.5. The van der Waals surface area contributed by atoms with Gasteiger partial charge < -0.3 is 25.7 Å². The molecule has 2 amide bonds. The summed E-state index contributed by atoms with van der Waals surface area (Å²) in [4.78, 5) is 46.7. The number of aliphatic carboxylic acids is 1. The van der Waals surface area contributed by atoms with E-state index in [4.69, 9.17) is 26.6 Å². The topological polar surface area (TPSA) is 148 Å². The third-order valence-corrected chi connectivity index (χ3v) is 6.66. The molecule has 3 aromatic rings. The number of carboxylic acid groups (broad SMARTS) is 1. The number of thiazole rings is 1. The van der Waals surface area contributed by atoms with Gasteiger partial charge in [-0.2, -0.15) is 13.2 Å². The summed E-state index contributed by atoms with van der Waals surface area (Å²) in [6, 6.07) is 7.74. The smallest absolute Gasteiger partial charge is 0.475 e. The van der Waals surface area contributed by atoms with E-state index in [1.54, 1.807) is 29.3 Å². The van der Waals surface area contributed by atoms with Crippen molar-refractivity contribution in [2.24, 2.45) is 0 Å². The fraction of sp³-hybridized carbons (Fsp3) is 0.320. The number of aliphatic hydroxyl groups is 1. The number of alkyl halides is 3. The van der Waals surface area contributed by atoms with Crippen molar-refractivity contribution >= 4 is 51.7 Å². The first-order valence-electron chi connectivity index (χ1n) is 12.2. The number of nitrogens with one attached hydrogen (secondary N) is 2. The largest absolute Gasteiger partial charge is 0.490 e. The number of carbonyl (C=O) groups is 3. The molecule has 3 heterocycles. The fourth-order valence-electron chi connectivity index (χ4n) is 3.71. The van der Waals surface area contributed by atoms with Crippen molar-refractivity contribution in [1.29, 1.82) is 0 Å². The molecule has 0 saturated carbocycles. The lowest BCUT2D eigenvalue weighted by molar-refractivity contribution is -0.192. The van der Waals surface area contributed by atoms with Crippen molar-refractivity contribution in [3.05, 3.63) is 69.6 Å².